The van der Waals surface area contributed by atoms with E-state index in [1.54, 1.807) is 7.11 Å². The molecule has 1 saturated carbocycles. The van der Waals surface area contributed by atoms with Gasteiger partial charge in [-0.25, -0.2) is 0 Å². The summed E-state index contributed by atoms with van der Waals surface area (Å²) in [6.45, 7) is 7.56. The summed E-state index contributed by atoms with van der Waals surface area (Å²) in [5, 5.41) is 0. The van der Waals surface area contributed by atoms with Gasteiger partial charge in [0.2, 0.25) is 0 Å². The van der Waals surface area contributed by atoms with Crippen LogP contribution in [0.3, 0.4) is 0 Å². The fourth-order valence-corrected chi connectivity index (χ4v) is 2.33. The summed E-state index contributed by atoms with van der Waals surface area (Å²) in [6.07, 6.45) is 2.25. The lowest BCUT2D eigenvalue weighted by Crippen LogP contribution is -2.37. The van der Waals surface area contributed by atoms with Crippen molar-refractivity contribution in [3.05, 3.63) is 23.8 Å². The average molecular weight is 262 g/mol. The largest absolute Gasteiger partial charge is 0.495 e. The maximum Gasteiger partial charge on any atom is 0.142 e. The summed E-state index contributed by atoms with van der Waals surface area (Å²) in [5.74, 6) is 0.916. The number of rotatable bonds is 4. The Balaban J connectivity index is 2.30. The van der Waals surface area contributed by atoms with Crippen LogP contribution in [-0.4, -0.2) is 26.2 Å². The lowest BCUT2D eigenvalue weighted by atomic mass is 9.86. The predicted molar refractivity (Wildman–Crippen MR) is 81.1 cm³/mol. The second-order valence-electron chi connectivity index (χ2n) is 6.86. The van der Waals surface area contributed by atoms with Gasteiger partial charge in [-0.1, -0.05) is 26.8 Å². The van der Waals surface area contributed by atoms with Gasteiger partial charge >= 0.3 is 0 Å². The fourth-order valence-electron chi connectivity index (χ4n) is 2.33. The lowest BCUT2D eigenvalue weighted by molar-refractivity contribution is 0.413. The molecule has 2 rings (SSSR count). The molecule has 0 spiro atoms. The van der Waals surface area contributed by atoms with E-state index in [0.29, 0.717) is 0 Å². The highest BCUT2D eigenvalue weighted by Gasteiger charge is 2.39. The van der Waals surface area contributed by atoms with E-state index in [9.17, 15) is 0 Å². The number of hydrogen-bond donors (Lipinski definition) is 1. The molecule has 3 nitrogen and oxygen atoms in total. The molecule has 0 saturated heterocycles. The molecule has 2 N–H and O–H groups in total. The molecule has 1 aliphatic carbocycles. The molecular weight excluding hydrogens is 236 g/mol. The summed E-state index contributed by atoms with van der Waals surface area (Å²) >= 11 is 0. The van der Waals surface area contributed by atoms with Gasteiger partial charge in [0, 0.05) is 19.1 Å². The molecule has 19 heavy (non-hydrogen) atoms. The number of anilines is 1. The molecule has 0 amide bonds. The van der Waals surface area contributed by atoms with Crippen LogP contribution in [0.1, 0.15) is 39.2 Å². The van der Waals surface area contributed by atoms with Crippen LogP contribution >= 0.6 is 0 Å². The van der Waals surface area contributed by atoms with Crippen LogP contribution in [-0.2, 0) is 5.41 Å². The summed E-state index contributed by atoms with van der Waals surface area (Å²) in [7, 11) is 3.82. The first-order valence-electron chi connectivity index (χ1n) is 6.94. The third-order valence-corrected chi connectivity index (χ3v) is 3.90. The van der Waals surface area contributed by atoms with Gasteiger partial charge in [0.1, 0.15) is 5.75 Å². The van der Waals surface area contributed by atoms with Gasteiger partial charge in [-0.2, -0.15) is 0 Å². The third-order valence-electron chi connectivity index (χ3n) is 3.90. The number of ether oxygens (including phenoxy) is 1. The topological polar surface area (TPSA) is 38.5 Å². The number of nitrogens with zero attached hydrogens (tertiary/aromatic N) is 1. The fraction of sp³-hybridized carbons (Fsp3) is 0.625. The Morgan fingerprint density at radius 2 is 1.95 bits per heavy atom. The quantitative estimate of drug-likeness (QED) is 0.906. The summed E-state index contributed by atoms with van der Waals surface area (Å²) in [4.78, 5) is 2.22. The first kappa shape index (κ1) is 14.2. The number of benzene rings is 1. The van der Waals surface area contributed by atoms with Crippen LogP contribution in [0.2, 0.25) is 0 Å². The Labute approximate surface area is 116 Å². The van der Waals surface area contributed by atoms with Crippen molar-refractivity contribution in [1.29, 1.82) is 0 Å². The van der Waals surface area contributed by atoms with E-state index in [1.807, 2.05) is 0 Å². The Kier molecular flexibility index (Phi) is 3.52. The Bertz CT molecular complexity index is 458. The Hall–Kier alpha value is -1.22. The van der Waals surface area contributed by atoms with Gasteiger partial charge in [-0.15, -0.1) is 0 Å². The zero-order chi connectivity index (χ0) is 14.3. The van der Waals surface area contributed by atoms with Crippen LogP contribution in [0.5, 0.6) is 5.75 Å². The minimum Gasteiger partial charge on any atom is -0.495 e. The number of hydrogen-bond acceptors (Lipinski definition) is 3. The van der Waals surface area contributed by atoms with Crippen molar-refractivity contribution in [2.24, 2.45) is 5.73 Å². The monoisotopic (exact) mass is 262 g/mol. The van der Waals surface area contributed by atoms with Crippen molar-refractivity contribution in [2.45, 2.75) is 44.6 Å². The van der Waals surface area contributed by atoms with Crippen LogP contribution in [0.4, 0.5) is 5.69 Å². The minimum atomic E-state index is 0.0114. The zero-order valence-electron chi connectivity index (χ0n) is 12.8. The van der Waals surface area contributed by atoms with Crippen LogP contribution in [0.25, 0.3) is 0 Å². The molecule has 1 aromatic carbocycles. The number of nitrogens with two attached hydrogens (primary N) is 1. The van der Waals surface area contributed by atoms with Crippen molar-refractivity contribution < 1.29 is 4.74 Å². The molecule has 1 fully saturated rings. The van der Waals surface area contributed by atoms with E-state index in [2.05, 4.69) is 50.9 Å². The normalized spacial score (nSPS) is 17.2. The van der Waals surface area contributed by atoms with E-state index < -0.39 is 0 Å². The van der Waals surface area contributed by atoms with Crippen LogP contribution in [0.15, 0.2) is 18.2 Å². The second kappa shape index (κ2) is 4.71. The maximum absolute atomic E-state index is 6.22. The lowest BCUT2D eigenvalue weighted by Gasteiger charge is -2.27. The van der Waals surface area contributed by atoms with Crippen LogP contribution in [0, 0.1) is 0 Å². The number of likely N-dealkylation sites (N-methyl/N-ethyl adjacent to an activating group) is 1. The van der Waals surface area contributed by atoms with Crippen molar-refractivity contribution in [1.82, 2.24) is 0 Å². The molecule has 0 aliphatic heterocycles. The van der Waals surface area contributed by atoms with Gasteiger partial charge in [0.25, 0.3) is 0 Å². The van der Waals surface area contributed by atoms with E-state index in [4.69, 9.17) is 10.5 Å². The molecule has 0 atom stereocenters. The highest BCUT2D eigenvalue weighted by molar-refractivity contribution is 5.61. The maximum atomic E-state index is 6.22. The number of methoxy groups -OCH3 is 1. The molecule has 1 aromatic rings. The molecular formula is C16H26N2O. The average Bonchev–Trinajstić information content (AvgIpc) is 3.04. The van der Waals surface area contributed by atoms with Crippen molar-refractivity contribution in [3.63, 3.8) is 0 Å². The molecule has 0 heterocycles. The predicted octanol–water partition coefficient (Wildman–Crippen LogP) is 2.92. The zero-order valence-corrected chi connectivity index (χ0v) is 12.8. The molecule has 3 heteroatoms. The molecule has 106 valence electrons. The molecule has 0 aromatic heterocycles. The smallest absolute Gasteiger partial charge is 0.142 e. The van der Waals surface area contributed by atoms with Crippen molar-refractivity contribution in [2.75, 3.05) is 25.6 Å². The van der Waals surface area contributed by atoms with Gasteiger partial charge in [-0.05, 0) is 36.0 Å². The first-order chi connectivity index (χ1) is 8.75. The van der Waals surface area contributed by atoms with Crippen molar-refractivity contribution >= 4 is 5.69 Å². The third kappa shape index (κ3) is 3.21. The van der Waals surface area contributed by atoms with Gasteiger partial charge in [0.15, 0.2) is 0 Å². The summed E-state index contributed by atoms with van der Waals surface area (Å²) in [5.41, 5.74) is 8.82. The summed E-state index contributed by atoms with van der Waals surface area (Å²) < 4.78 is 5.49. The van der Waals surface area contributed by atoms with Gasteiger partial charge < -0.3 is 15.4 Å². The highest BCUT2D eigenvalue weighted by Crippen LogP contribution is 2.37. The summed E-state index contributed by atoms with van der Waals surface area (Å²) in [6, 6.07) is 6.43. The first-order valence-corrected chi connectivity index (χ1v) is 6.94. The Morgan fingerprint density at radius 1 is 1.32 bits per heavy atom. The Morgan fingerprint density at radius 3 is 2.42 bits per heavy atom. The minimum absolute atomic E-state index is 0.0114. The van der Waals surface area contributed by atoms with E-state index >= 15 is 0 Å². The molecule has 1 aliphatic rings. The van der Waals surface area contributed by atoms with Crippen LogP contribution < -0.4 is 15.4 Å². The van der Waals surface area contributed by atoms with E-state index in [1.165, 1.54) is 5.56 Å². The molecule has 0 unspecified atom stereocenters. The van der Waals surface area contributed by atoms with Gasteiger partial charge in [-0.3, -0.25) is 0 Å². The molecule has 0 radical (unpaired) electrons. The SMILES string of the molecule is COc1ccc(C(C)(C)C)cc1N(C)CC1(N)CC1. The molecule has 0 bridgehead atoms. The standard InChI is InChI=1S/C16H26N2O/c1-15(2,3)12-6-7-14(19-5)13(10-12)18(4)11-16(17)8-9-16/h6-7,10H,8-9,11,17H2,1-5H3. The van der Waals surface area contributed by atoms with E-state index in [-0.39, 0.29) is 11.0 Å². The highest BCUT2D eigenvalue weighted by atomic mass is 16.5. The van der Waals surface area contributed by atoms with Crippen molar-refractivity contribution in [3.8, 4) is 5.75 Å². The second-order valence-corrected chi connectivity index (χ2v) is 6.86. The van der Waals surface area contributed by atoms with E-state index in [0.717, 1.165) is 30.8 Å². The van der Waals surface area contributed by atoms with Gasteiger partial charge in [0.05, 0.1) is 12.8 Å².